The zero-order valence-electron chi connectivity index (χ0n) is 12.9. The van der Waals surface area contributed by atoms with E-state index in [1.165, 1.54) is 0 Å². The summed E-state index contributed by atoms with van der Waals surface area (Å²) in [7, 11) is 0. The number of thioether (sulfide) groups is 1. The lowest BCUT2D eigenvalue weighted by molar-refractivity contribution is 0.622. The van der Waals surface area contributed by atoms with Gasteiger partial charge < -0.3 is 15.2 Å². The molecule has 1 aromatic heterocycles. The van der Waals surface area contributed by atoms with Gasteiger partial charge in [0.1, 0.15) is 12.2 Å². The third kappa shape index (κ3) is 6.27. The van der Waals surface area contributed by atoms with Gasteiger partial charge in [0.2, 0.25) is 0 Å². The van der Waals surface area contributed by atoms with E-state index < -0.39 is 0 Å². The van der Waals surface area contributed by atoms with Crippen molar-refractivity contribution in [1.82, 2.24) is 25.4 Å². The molecule has 1 aromatic rings. The highest BCUT2D eigenvalue weighted by atomic mass is 32.2. The summed E-state index contributed by atoms with van der Waals surface area (Å²) in [6.07, 6.45) is 4.77. The van der Waals surface area contributed by atoms with E-state index in [-0.39, 0.29) is 0 Å². The molecule has 1 heterocycles. The molecular weight excluding hydrogens is 272 g/mol. The number of rotatable bonds is 8. The standard InChI is InChI=1S/C13H26N6S/c1-5-12-18-16-10-19(12)8-6-14-13(17-11(2)3)15-7-9-20-4/h10-11H,5-9H2,1-4H3,(H2,14,15,17). The third-order valence-corrected chi connectivity index (χ3v) is 3.24. The van der Waals surface area contributed by atoms with E-state index in [0.717, 1.165) is 43.6 Å². The molecule has 0 aliphatic heterocycles. The predicted molar refractivity (Wildman–Crippen MR) is 86.4 cm³/mol. The van der Waals surface area contributed by atoms with Crippen molar-refractivity contribution in [3.63, 3.8) is 0 Å². The molecule has 0 aliphatic rings. The quantitative estimate of drug-likeness (QED) is 0.428. The zero-order chi connectivity index (χ0) is 14.8. The van der Waals surface area contributed by atoms with E-state index in [9.17, 15) is 0 Å². The number of aryl methyl sites for hydroxylation is 1. The Labute approximate surface area is 125 Å². The Kier molecular flexibility index (Phi) is 8.10. The first-order valence-corrected chi connectivity index (χ1v) is 8.47. The molecule has 2 N–H and O–H groups in total. The van der Waals surface area contributed by atoms with Crippen molar-refractivity contribution >= 4 is 17.7 Å². The van der Waals surface area contributed by atoms with Crippen LogP contribution in [0.3, 0.4) is 0 Å². The number of guanidine groups is 1. The Hall–Kier alpha value is -1.24. The molecule has 0 spiro atoms. The fraction of sp³-hybridized carbons (Fsp3) is 0.769. The molecule has 6 nitrogen and oxygen atoms in total. The number of aliphatic imine (C=N–C) groups is 1. The highest BCUT2D eigenvalue weighted by Gasteiger charge is 2.03. The molecule has 20 heavy (non-hydrogen) atoms. The van der Waals surface area contributed by atoms with Gasteiger partial charge >= 0.3 is 0 Å². The van der Waals surface area contributed by atoms with Gasteiger partial charge in [0.15, 0.2) is 5.96 Å². The van der Waals surface area contributed by atoms with Crippen LogP contribution in [0, 0.1) is 0 Å². The van der Waals surface area contributed by atoms with E-state index >= 15 is 0 Å². The van der Waals surface area contributed by atoms with Crippen molar-refractivity contribution in [2.24, 2.45) is 4.99 Å². The summed E-state index contributed by atoms with van der Waals surface area (Å²) < 4.78 is 2.07. The first kappa shape index (κ1) is 16.8. The van der Waals surface area contributed by atoms with Crippen LogP contribution in [-0.2, 0) is 13.0 Å². The summed E-state index contributed by atoms with van der Waals surface area (Å²) in [6.45, 7) is 8.79. The maximum absolute atomic E-state index is 4.55. The Morgan fingerprint density at radius 2 is 2.30 bits per heavy atom. The highest BCUT2D eigenvalue weighted by molar-refractivity contribution is 7.98. The molecule has 0 saturated heterocycles. The third-order valence-electron chi connectivity index (χ3n) is 2.65. The smallest absolute Gasteiger partial charge is 0.191 e. The number of hydrogen-bond acceptors (Lipinski definition) is 4. The Morgan fingerprint density at radius 3 is 2.95 bits per heavy atom. The van der Waals surface area contributed by atoms with Crippen molar-refractivity contribution in [2.75, 3.05) is 25.1 Å². The largest absolute Gasteiger partial charge is 0.355 e. The second-order valence-electron chi connectivity index (χ2n) is 4.74. The van der Waals surface area contributed by atoms with Crippen LogP contribution in [0.15, 0.2) is 11.3 Å². The molecule has 0 saturated carbocycles. The second kappa shape index (κ2) is 9.63. The normalized spacial score (nSPS) is 11.9. The molecular formula is C13H26N6S. The van der Waals surface area contributed by atoms with Crippen LogP contribution in [0.25, 0.3) is 0 Å². The van der Waals surface area contributed by atoms with E-state index in [0.29, 0.717) is 6.04 Å². The summed E-state index contributed by atoms with van der Waals surface area (Å²) in [6, 6.07) is 0.372. The zero-order valence-corrected chi connectivity index (χ0v) is 13.7. The molecule has 0 bridgehead atoms. The first-order valence-electron chi connectivity index (χ1n) is 7.07. The summed E-state index contributed by atoms with van der Waals surface area (Å²) >= 11 is 1.81. The van der Waals surface area contributed by atoms with Gasteiger partial charge in [0.05, 0.1) is 6.54 Å². The van der Waals surface area contributed by atoms with Gasteiger partial charge in [0, 0.05) is 31.3 Å². The first-order chi connectivity index (χ1) is 9.67. The summed E-state index contributed by atoms with van der Waals surface area (Å²) in [5.74, 6) is 2.93. The van der Waals surface area contributed by atoms with Crippen molar-refractivity contribution in [2.45, 2.75) is 39.8 Å². The maximum atomic E-state index is 4.55. The molecule has 0 amide bonds. The molecule has 0 aliphatic carbocycles. The van der Waals surface area contributed by atoms with Gasteiger partial charge in [-0.3, -0.25) is 4.99 Å². The molecule has 0 atom stereocenters. The molecule has 0 radical (unpaired) electrons. The van der Waals surface area contributed by atoms with Crippen molar-refractivity contribution < 1.29 is 0 Å². The van der Waals surface area contributed by atoms with E-state index in [4.69, 9.17) is 0 Å². The van der Waals surface area contributed by atoms with Crippen LogP contribution < -0.4 is 10.6 Å². The fourth-order valence-corrected chi connectivity index (χ4v) is 1.98. The Bertz CT molecular complexity index is 401. The Morgan fingerprint density at radius 1 is 1.50 bits per heavy atom. The van der Waals surface area contributed by atoms with Crippen LogP contribution >= 0.6 is 11.8 Å². The molecule has 7 heteroatoms. The minimum atomic E-state index is 0.372. The Balaban J connectivity index is 2.43. The number of aromatic nitrogens is 3. The van der Waals surface area contributed by atoms with E-state index in [1.807, 2.05) is 0 Å². The van der Waals surface area contributed by atoms with E-state index in [1.54, 1.807) is 18.1 Å². The maximum Gasteiger partial charge on any atom is 0.191 e. The van der Waals surface area contributed by atoms with Gasteiger partial charge in [-0.2, -0.15) is 11.8 Å². The van der Waals surface area contributed by atoms with Gasteiger partial charge in [-0.25, -0.2) is 0 Å². The van der Waals surface area contributed by atoms with Crippen LogP contribution in [0.2, 0.25) is 0 Å². The van der Waals surface area contributed by atoms with Crippen molar-refractivity contribution in [3.8, 4) is 0 Å². The predicted octanol–water partition coefficient (Wildman–Crippen LogP) is 1.15. The van der Waals surface area contributed by atoms with E-state index in [2.05, 4.69) is 57.4 Å². The number of nitrogens with zero attached hydrogens (tertiary/aromatic N) is 4. The fourth-order valence-electron chi connectivity index (χ4n) is 1.71. The number of nitrogens with one attached hydrogen (secondary N) is 2. The topological polar surface area (TPSA) is 67.1 Å². The molecule has 0 fully saturated rings. The summed E-state index contributed by atoms with van der Waals surface area (Å²) in [4.78, 5) is 4.55. The van der Waals surface area contributed by atoms with Crippen LogP contribution in [0.4, 0.5) is 0 Å². The average Bonchev–Trinajstić information content (AvgIpc) is 2.85. The second-order valence-corrected chi connectivity index (χ2v) is 5.73. The van der Waals surface area contributed by atoms with Crippen molar-refractivity contribution in [3.05, 3.63) is 12.2 Å². The highest BCUT2D eigenvalue weighted by Crippen LogP contribution is 1.95. The lowest BCUT2D eigenvalue weighted by Gasteiger charge is -2.15. The summed E-state index contributed by atoms with van der Waals surface area (Å²) in [5.41, 5.74) is 0. The van der Waals surface area contributed by atoms with Crippen molar-refractivity contribution in [1.29, 1.82) is 0 Å². The monoisotopic (exact) mass is 298 g/mol. The van der Waals surface area contributed by atoms with Gasteiger partial charge in [-0.15, -0.1) is 10.2 Å². The SMILES string of the molecule is CCc1nncn1CCNC(=NCCSC)NC(C)C. The molecule has 1 rings (SSSR count). The molecule has 0 aromatic carbocycles. The molecule has 0 unspecified atom stereocenters. The lowest BCUT2D eigenvalue weighted by Crippen LogP contribution is -2.42. The lowest BCUT2D eigenvalue weighted by atomic mass is 10.4. The van der Waals surface area contributed by atoms with Gasteiger partial charge in [-0.05, 0) is 20.1 Å². The molecule has 114 valence electrons. The number of hydrogen-bond donors (Lipinski definition) is 2. The van der Waals surface area contributed by atoms with Crippen LogP contribution in [-0.4, -0.2) is 51.9 Å². The van der Waals surface area contributed by atoms with Crippen LogP contribution in [0.5, 0.6) is 0 Å². The minimum Gasteiger partial charge on any atom is -0.355 e. The minimum absolute atomic E-state index is 0.372. The average molecular weight is 298 g/mol. The van der Waals surface area contributed by atoms with Gasteiger partial charge in [-0.1, -0.05) is 6.92 Å². The van der Waals surface area contributed by atoms with Crippen LogP contribution in [0.1, 0.15) is 26.6 Å². The summed E-state index contributed by atoms with van der Waals surface area (Å²) in [5, 5.41) is 14.7. The van der Waals surface area contributed by atoms with Gasteiger partial charge in [0.25, 0.3) is 0 Å².